The lowest BCUT2D eigenvalue weighted by Gasteiger charge is -2.32. The van der Waals surface area contributed by atoms with Gasteiger partial charge in [-0.1, -0.05) is 16.8 Å². The van der Waals surface area contributed by atoms with Gasteiger partial charge in [-0.25, -0.2) is 8.42 Å². The van der Waals surface area contributed by atoms with Gasteiger partial charge in [-0.3, -0.25) is 4.79 Å². The zero-order valence-corrected chi connectivity index (χ0v) is 20.5. The predicted molar refractivity (Wildman–Crippen MR) is 127 cm³/mol. The van der Waals surface area contributed by atoms with Gasteiger partial charge in [0.05, 0.1) is 17.3 Å². The lowest BCUT2D eigenvalue weighted by molar-refractivity contribution is -0.120. The average molecular weight is 499 g/mol. The van der Waals surface area contributed by atoms with E-state index >= 15 is 0 Å². The minimum Gasteiger partial charge on any atom is -0.368 e. The highest BCUT2D eigenvalue weighted by Crippen LogP contribution is 2.33. The number of hydrogen-bond donors (Lipinski definition) is 1. The van der Waals surface area contributed by atoms with Gasteiger partial charge in [-0.2, -0.15) is 16.1 Å². The van der Waals surface area contributed by atoms with E-state index in [-0.39, 0.29) is 23.1 Å². The van der Waals surface area contributed by atoms with Crippen molar-refractivity contribution in [2.24, 2.45) is 5.92 Å². The summed E-state index contributed by atoms with van der Waals surface area (Å²) in [6.07, 6.45) is 1.22. The van der Waals surface area contributed by atoms with Gasteiger partial charge >= 0.3 is 0 Å². The average Bonchev–Trinajstić information content (AvgIpc) is 3.13. The third-order valence-electron chi connectivity index (χ3n) is 5.89. The molecule has 0 aliphatic carbocycles. The third kappa shape index (κ3) is 4.78. The summed E-state index contributed by atoms with van der Waals surface area (Å²) in [6, 6.07) is 5.52. The monoisotopic (exact) mass is 498 g/mol. The Balaban J connectivity index is 1.52. The summed E-state index contributed by atoms with van der Waals surface area (Å²) in [5.74, 6) is 1.68. The number of hydrogen-bond acceptors (Lipinski definition) is 7. The van der Waals surface area contributed by atoms with E-state index in [4.69, 9.17) is 16.1 Å². The Morgan fingerprint density at radius 1 is 1.25 bits per heavy atom. The molecule has 4 rings (SSSR count). The van der Waals surface area contributed by atoms with Crippen LogP contribution in [-0.4, -0.2) is 61.5 Å². The van der Waals surface area contributed by atoms with Crippen LogP contribution in [0.2, 0.25) is 5.02 Å². The molecule has 2 aromatic rings. The molecule has 0 spiro atoms. The maximum absolute atomic E-state index is 13.2. The zero-order chi connectivity index (χ0) is 22.9. The second kappa shape index (κ2) is 9.62. The smallest absolute Gasteiger partial charge is 0.248 e. The molecule has 0 saturated carbocycles. The molecule has 1 N–H and O–H groups in total. The van der Waals surface area contributed by atoms with Gasteiger partial charge in [0.1, 0.15) is 10.6 Å². The van der Waals surface area contributed by atoms with Crippen LogP contribution in [0.15, 0.2) is 27.6 Å². The van der Waals surface area contributed by atoms with Crippen molar-refractivity contribution < 1.29 is 17.7 Å². The van der Waals surface area contributed by atoms with Gasteiger partial charge in [0.2, 0.25) is 15.9 Å². The Kier molecular flexibility index (Phi) is 7.04. The second-order valence-electron chi connectivity index (χ2n) is 8.11. The number of aryl methyl sites for hydroxylation is 2. The Labute approximate surface area is 197 Å². The number of halogens is 1. The molecule has 0 radical (unpaired) electrons. The van der Waals surface area contributed by atoms with Crippen LogP contribution in [0.1, 0.15) is 24.3 Å². The number of carbonyl (C=O) groups is 1. The Morgan fingerprint density at radius 3 is 2.69 bits per heavy atom. The van der Waals surface area contributed by atoms with Gasteiger partial charge in [-0.15, -0.1) is 0 Å². The number of rotatable bonds is 5. The molecule has 0 bridgehead atoms. The fraction of sp³-hybridized carbons (Fsp3) is 0.524. The summed E-state index contributed by atoms with van der Waals surface area (Å²) >= 11 is 8.13. The molecular weight excluding hydrogens is 472 g/mol. The summed E-state index contributed by atoms with van der Waals surface area (Å²) < 4.78 is 32.8. The lowest BCUT2D eigenvalue weighted by atomic mass is 9.98. The van der Waals surface area contributed by atoms with E-state index in [1.807, 2.05) is 23.9 Å². The number of benzene rings is 1. The highest BCUT2D eigenvalue weighted by atomic mass is 35.5. The number of anilines is 2. The van der Waals surface area contributed by atoms with Crippen LogP contribution in [-0.2, 0) is 14.8 Å². The Hall–Kier alpha value is -1.75. The van der Waals surface area contributed by atoms with Crippen molar-refractivity contribution in [2.75, 3.05) is 47.9 Å². The summed E-state index contributed by atoms with van der Waals surface area (Å²) in [6.45, 7) is 5.49. The highest BCUT2D eigenvalue weighted by Gasteiger charge is 2.36. The van der Waals surface area contributed by atoms with Crippen molar-refractivity contribution in [1.29, 1.82) is 0 Å². The van der Waals surface area contributed by atoms with Crippen LogP contribution in [0.3, 0.4) is 0 Å². The topological polar surface area (TPSA) is 95.8 Å². The highest BCUT2D eigenvalue weighted by molar-refractivity contribution is 7.99. The van der Waals surface area contributed by atoms with Crippen molar-refractivity contribution in [3.63, 3.8) is 0 Å². The minimum absolute atomic E-state index is 0.0960. The van der Waals surface area contributed by atoms with E-state index in [9.17, 15) is 13.2 Å². The number of aromatic nitrogens is 1. The van der Waals surface area contributed by atoms with E-state index in [0.717, 1.165) is 30.3 Å². The number of piperidine rings is 1. The summed E-state index contributed by atoms with van der Waals surface area (Å²) in [5.41, 5.74) is 1.94. The van der Waals surface area contributed by atoms with Gasteiger partial charge < -0.3 is 14.7 Å². The summed E-state index contributed by atoms with van der Waals surface area (Å²) in [4.78, 5) is 15.5. The fourth-order valence-electron chi connectivity index (χ4n) is 4.27. The molecule has 1 aromatic heterocycles. The standard InChI is InChI=1S/C21H27ClN4O4S2/c1-14-20(15(2)30-24-14)32(28,29)26-7-3-4-16(13-26)21(27)23-18-12-17(22)5-6-19(18)25-8-10-31-11-9-25/h5-6,12,16H,3-4,7-11,13H2,1-2H3,(H,23,27). The number of thioether (sulfide) groups is 1. The van der Waals surface area contributed by atoms with Crippen molar-refractivity contribution in [2.45, 2.75) is 31.6 Å². The first-order valence-electron chi connectivity index (χ1n) is 10.6. The second-order valence-corrected chi connectivity index (χ2v) is 11.6. The van der Waals surface area contributed by atoms with Crippen molar-refractivity contribution in [3.05, 3.63) is 34.7 Å². The minimum atomic E-state index is -3.79. The molecule has 3 heterocycles. The van der Waals surface area contributed by atoms with E-state index < -0.39 is 15.9 Å². The molecule has 174 valence electrons. The summed E-state index contributed by atoms with van der Waals surface area (Å²) in [5, 5.41) is 7.34. The SMILES string of the molecule is Cc1noc(C)c1S(=O)(=O)N1CCCC(C(=O)Nc2cc(Cl)ccc2N2CCSCC2)C1. The number of nitrogens with one attached hydrogen (secondary N) is 1. The predicted octanol–water partition coefficient (Wildman–Crippen LogP) is 3.54. The maximum Gasteiger partial charge on any atom is 0.248 e. The molecule has 8 nitrogen and oxygen atoms in total. The molecule has 1 atom stereocenters. The zero-order valence-electron chi connectivity index (χ0n) is 18.1. The molecule has 2 aliphatic rings. The fourth-order valence-corrected chi connectivity index (χ4v) is 7.16. The molecule has 1 amide bonds. The number of sulfonamides is 1. The van der Waals surface area contributed by atoms with Crippen LogP contribution >= 0.6 is 23.4 Å². The third-order valence-corrected chi connectivity index (χ3v) is 9.18. The van der Waals surface area contributed by atoms with Crippen LogP contribution < -0.4 is 10.2 Å². The van der Waals surface area contributed by atoms with Crippen LogP contribution in [0.4, 0.5) is 11.4 Å². The van der Waals surface area contributed by atoms with Crippen LogP contribution in [0.25, 0.3) is 0 Å². The summed E-state index contributed by atoms with van der Waals surface area (Å²) in [7, 11) is -3.79. The molecule has 1 unspecified atom stereocenters. The largest absolute Gasteiger partial charge is 0.368 e. The number of carbonyl (C=O) groups excluding carboxylic acids is 1. The van der Waals surface area contributed by atoms with Crippen molar-refractivity contribution in [3.8, 4) is 0 Å². The normalized spacial score (nSPS) is 20.3. The van der Waals surface area contributed by atoms with Crippen molar-refractivity contribution >= 4 is 50.7 Å². The van der Waals surface area contributed by atoms with E-state index in [0.29, 0.717) is 35.8 Å². The molecule has 2 aliphatic heterocycles. The van der Waals surface area contributed by atoms with E-state index in [1.165, 1.54) is 4.31 Å². The molecular formula is C21H27ClN4O4S2. The quantitative estimate of drug-likeness (QED) is 0.673. The van der Waals surface area contributed by atoms with Gasteiger partial charge in [0.25, 0.3) is 0 Å². The van der Waals surface area contributed by atoms with E-state index in [2.05, 4.69) is 15.4 Å². The molecule has 1 aromatic carbocycles. The number of amides is 1. The van der Waals surface area contributed by atoms with Crippen LogP contribution in [0, 0.1) is 19.8 Å². The first-order chi connectivity index (χ1) is 15.3. The van der Waals surface area contributed by atoms with E-state index in [1.54, 1.807) is 19.9 Å². The Morgan fingerprint density at radius 2 is 2.00 bits per heavy atom. The molecule has 11 heteroatoms. The molecule has 2 fully saturated rings. The lowest BCUT2D eigenvalue weighted by Crippen LogP contribution is -2.44. The maximum atomic E-state index is 13.2. The van der Waals surface area contributed by atoms with Gasteiger partial charge in [0, 0.05) is 42.7 Å². The molecule has 32 heavy (non-hydrogen) atoms. The first kappa shape index (κ1) is 23.4. The first-order valence-corrected chi connectivity index (χ1v) is 13.6. The molecule has 2 saturated heterocycles. The van der Waals surface area contributed by atoms with Gasteiger partial charge in [0.15, 0.2) is 5.76 Å². The Bertz CT molecular complexity index is 1080. The van der Waals surface area contributed by atoms with Crippen LogP contribution in [0.5, 0.6) is 0 Å². The van der Waals surface area contributed by atoms with Crippen molar-refractivity contribution in [1.82, 2.24) is 9.46 Å². The number of nitrogens with zero attached hydrogens (tertiary/aromatic N) is 3. The van der Waals surface area contributed by atoms with Gasteiger partial charge in [-0.05, 0) is 44.9 Å².